The van der Waals surface area contributed by atoms with Gasteiger partial charge in [-0.1, -0.05) is 35.8 Å². The number of benzene rings is 2. The number of nitrogens with one attached hydrogen (secondary N) is 1. The Labute approximate surface area is 148 Å². The van der Waals surface area contributed by atoms with E-state index in [4.69, 9.17) is 9.47 Å². The van der Waals surface area contributed by atoms with Gasteiger partial charge in [-0.05, 0) is 18.2 Å². The van der Waals surface area contributed by atoms with Crippen LogP contribution in [0.1, 0.15) is 5.56 Å². The summed E-state index contributed by atoms with van der Waals surface area (Å²) in [6.07, 6.45) is 0. The van der Waals surface area contributed by atoms with Crippen LogP contribution in [0.2, 0.25) is 0 Å². The summed E-state index contributed by atoms with van der Waals surface area (Å²) in [5.41, 5.74) is 0.661. The van der Waals surface area contributed by atoms with E-state index in [1.54, 1.807) is 26.4 Å². The maximum atomic E-state index is 12.3. The molecule has 0 saturated carbocycles. The van der Waals surface area contributed by atoms with Gasteiger partial charge in [-0.25, -0.2) is 0 Å². The van der Waals surface area contributed by atoms with Gasteiger partial charge >= 0.3 is 0 Å². The lowest BCUT2D eigenvalue weighted by molar-refractivity contribution is -0.121. The fourth-order valence-corrected chi connectivity index (χ4v) is 3.59. The minimum Gasteiger partial charge on any atom is -0.493 e. The highest BCUT2D eigenvalue weighted by atomic mass is 32.1. The molecule has 3 aromatic rings. The molecule has 0 atom stereocenters. The number of hydrogen-bond donors (Lipinski definition) is 1. The molecule has 1 N–H and O–H groups in total. The number of methoxy groups -OCH3 is 2. The molecule has 2 aromatic carbocycles. The first-order valence-corrected chi connectivity index (χ1v) is 8.46. The molecule has 0 fully saturated rings. The Hall–Kier alpha value is -2.80. The summed E-state index contributed by atoms with van der Waals surface area (Å²) in [7, 11) is 3.12. The molecule has 7 heteroatoms. The number of aromatic nitrogens is 1. The van der Waals surface area contributed by atoms with E-state index in [9.17, 15) is 9.59 Å². The minimum absolute atomic E-state index is 0.00946. The second-order valence-corrected chi connectivity index (χ2v) is 6.42. The number of ether oxygens (including phenoxy) is 2. The van der Waals surface area contributed by atoms with Crippen LogP contribution >= 0.6 is 11.5 Å². The molecule has 0 unspecified atom stereocenters. The quantitative estimate of drug-likeness (QED) is 0.735. The standard InChI is InChI=1S/C18H18N2O4S/c1-23-14-8-5-6-12(17(14)24-2)10-19-16(21)11-20-18(22)13-7-3-4-9-15(13)25-20/h3-9H,10-11H2,1-2H3,(H,19,21). The van der Waals surface area contributed by atoms with Gasteiger partial charge in [0.2, 0.25) is 5.91 Å². The first-order valence-electron chi connectivity index (χ1n) is 7.69. The number of hydrogen-bond acceptors (Lipinski definition) is 5. The smallest absolute Gasteiger partial charge is 0.268 e. The zero-order valence-corrected chi connectivity index (χ0v) is 14.8. The Bertz CT molecular complexity index is 961. The van der Waals surface area contributed by atoms with Crippen molar-refractivity contribution in [2.45, 2.75) is 13.1 Å². The van der Waals surface area contributed by atoms with Crippen molar-refractivity contribution in [1.29, 1.82) is 0 Å². The summed E-state index contributed by atoms with van der Waals surface area (Å²) in [5.74, 6) is 0.956. The fourth-order valence-electron chi connectivity index (χ4n) is 2.59. The molecule has 130 valence electrons. The van der Waals surface area contributed by atoms with Gasteiger partial charge < -0.3 is 14.8 Å². The number of nitrogens with zero attached hydrogens (tertiary/aromatic N) is 1. The van der Waals surface area contributed by atoms with Crippen molar-refractivity contribution in [3.8, 4) is 11.5 Å². The first-order chi connectivity index (χ1) is 12.1. The zero-order chi connectivity index (χ0) is 17.8. The highest BCUT2D eigenvalue weighted by molar-refractivity contribution is 7.13. The van der Waals surface area contributed by atoms with Crippen LogP contribution in [0.3, 0.4) is 0 Å². The van der Waals surface area contributed by atoms with E-state index in [-0.39, 0.29) is 18.0 Å². The molecule has 0 aliphatic carbocycles. The SMILES string of the molecule is COc1cccc(CNC(=O)Cn2sc3ccccc3c2=O)c1OC. The van der Waals surface area contributed by atoms with Crippen molar-refractivity contribution in [3.63, 3.8) is 0 Å². The van der Waals surface area contributed by atoms with E-state index in [2.05, 4.69) is 5.32 Å². The number of carbonyl (C=O) groups excluding carboxylic acids is 1. The van der Waals surface area contributed by atoms with Crippen LogP contribution in [0, 0.1) is 0 Å². The van der Waals surface area contributed by atoms with Gasteiger partial charge in [0.05, 0.1) is 24.3 Å². The van der Waals surface area contributed by atoms with E-state index < -0.39 is 0 Å². The highest BCUT2D eigenvalue weighted by Crippen LogP contribution is 2.30. The average molecular weight is 358 g/mol. The van der Waals surface area contributed by atoms with Gasteiger partial charge in [0.15, 0.2) is 11.5 Å². The van der Waals surface area contributed by atoms with Crippen molar-refractivity contribution in [3.05, 3.63) is 58.4 Å². The van der Waals surface area contributed by atoms with Gasteiger partial charge in [-0.2, -0.15) is 0 Å². The van der Waals surface area contributed by atoms with Crippen LogP contribution < -0.4 is 20.3 Å². The monoisotopic (exact) mass is 358 g/mol. The normalized spacial score (nSPS) is 10.6. The van der Waals surface area contributed by atoms with Crippen LogP contribution in [-0.4, -0.2) is 24.1 Å². The van der Waals surface area contributed by atoms with Crippen molar-refractivity contribution < 1.29 is 14.3 Å². The molecule has 1 amide bonds. The lowest BCUT2D eigenvalue weighted by Gasteiger charge is -2.13. The fraction of sp³-hybridized carbons (Fsp3) is 0.222. The number of amides is 1. The van der Waals surface area contributed by atoms with Gasteiger partial charge in [0, 0.05) is 12.1 Å². The third kappa shape index (κ3) is 3.51. The summed E-state index contributed by atoms with van der Waals surface area (Å²) >= 11 is 1.29. The molecule has 0 bridgehead atoms. The van der Waals surface area contributed by atoms with Gasteiger partial charge in [-0.15, -0.1) is 0 Å². The van der Waals surface area contributed by atoms with Crippen LogP contribution in [0.5, 0.6) is 11.5 Å². The van der Waals surface area contributed by atoms with Gasteiger partial charge in [-0.3, -0.25) is 13.5 Å². The second-order valence-electron chi connectivity index (χ2n) is 5.36. The van der Waals surface area contributed by atoms with Crippen molar-refractivity contribution in [1.82, 2.24) is 9.27 Å². The third-order valence-electron chi connectivity index (χ3n) is 3.80. The highest BCUT2D eigenvalue weighted by Gasteiger charge is 2.13. The maximum Gasteiger partial charge on any atom is 0.268 e. The van der Waals surface area contributed by atoms with Crippen LogP contribution in [-0.2, 0) is 17.9 Å². The van der Waals surface area contributed by atoms with E-state index in [0.717, 1.165) is 10.3 Å². The molecule has 25 heavy (non-hydrogen) atoms. The van der Waals surface area contributed by atoms with E-state index in [1.807, 2.05) is 30.3 Å². The van der Waals surface area contributed by atoms with Crippen molar-refractivity contribution in [2.24, 2.45) is 0 Å². The summed E-state index contributed by atoms with van der Waals surface area (Å²) in [4.78, 5) is 24.5. The Balaban J connectivity index is 1.71. The second kappa shape index (κ2) is 7.40. The molecule has 0 spiro atoms. The molecule has 0 saturated heterocycles. The Morgan fingerprint density at radius 2 is 1.92 bits per heavy atom. The van der Waals surface area contributed by atoms with Gasteiger partial charge in [0.25, 0.3) is 5.56 Å². The molecule has 0 radical (unpaired) electrons. The summed E-state index contributed by atoms with van der Waals surface area (Å²) < 4.78 is 12.9. The zero-order valence-electron chi connectivity index (χ0n) is 13.9. The Kier molecular flexibility index (Phi) is 5.04. The largest absolute Gasteiger partial charge is 0.493 e. The van der Waals surface area contributed by atoms with E-state index >= 15 is 0 Å². The number of rotatable bonds is 6. The average Bonchev–Trinajstić information content (AvgIpc) is 2.95. The van der Waals surface area contributed by atoms with E-state index in [0.29, 0.717) is 23.4 Å². The molecule has 1 heterocycles. The lowest BCUT2D eigenvalue weighted by Crippen LogP contribution is -2.29. The predicted molar refractivity (Wildman–Crippen MR) is 97.5 cm³/mol. The molecule has 3 rings (SSSR count). The topological polar surface area (TPSA) is 69.6 Å². The third-order valence-corrected chi connectivity index (χ3v) is 4.87. The number of carbonyl (C=O) groups is 1. The molecular weight excluding hydrogens is 340 g/mol. The van der Waals surface area contributed by atoms with Crippen molar-refractivity contribution >= 4 is 27.5 Å². The van der Waals surface area contributed by atoms with Crippen molar-refractivity contribution in [2.75, 3.05) is 14.2 Å². The maximum absolute atomic E-state index is 12.3. The minimum atomic E-state index is -0.237. The lowest BCUT2D eigenvalue weighted by atomic mass is 10.2. The summed E-state index contributed by atoms with van der Waals surface area (Å²) in [6.45, 7) is 0.281. The molecule has 0 aliphatic rings. The van der Waals surface area contributed by atoms with Crippen LogP contribution in [0.4, 0.5) is 0 Å². The molecule has 0 aliphatic heterocycles. The predicted octanol–water partition coefficient (Wildman–Crippen LogP) is 2.40. The van der Waals surface area contributed by atoms with Gasteiger partial charge in [0.1, 0.15) is 6.54 Å². The Morgan fingerprint density at radius 3 is 2.64 bits per heavy atom. The molecule has 6 nitrogen and oxygen atoms in total. The first kappa shape index (κ1) is 17.0. The van der Waals surface area contributed by atoms with Crippen LogP contribution in [0.15, 0.2) is 47.3 Å². The summed E-state index contributed by atoms with van der Waals surface area (Å²) in [5, 5.41) is 3.45. The van der Waals surface area contributed by atoms with E-state index in [1.165, 1.54) is 15.5 Å². The molecular formula is C18H18N2O4S. The number of para-hydroxylation sites is 1. The Morgan fingerprint density at radius 1 is 1.12 bits per heavy atom. The van der Waals surface area contributed by atoms with Crippen LogP contribution in [0.25, 0.3) is 10.1 Å². The molecule has 1 aromatic heterocycles. The summed E-state index contributed by atoms with van der Waals surface area (Å²) in [6, 6.07) is 12.8. The number of fused-ring (bicyclic) bond motifs is 1.